The number of hydrogen-bond donors (Lipinski definition) is 1. The summed E-state index contributed by atoms with van der Waals surface area (Å²) in [4.78, 5) is 18.1. The van der Waals surface area contributed by atoms with Crippen LogP contribution in [-0.4, -0.2) is 30.5 Å². The highest BCUT2D eigenvalue weighted by molar-refractivity contribution is 6.13. The molecule has 4 aromatic rings. The van der Waals surface area contributed by atoms with Crippen LogP contribution in [-0.2, 0) is 13.6 Å². The van der Waals surface area contributed by atoms with Crippen LogP contribution in [0.1, 0.15) is 34.4 Å². The molecule has 0 bridgehead atoms. The smallest absolute Gasteiger partial charge is 0.256 e. The highest BCUT2D eigenvalue weighted by Gasteiger charge is 2.21. The predicted octanol–water partition coefficient (Wildman–Crippen LogP) is 4.03. The number of nitrogens with zero attached hydrogens (tertiary/aromatic N) is 5. The lowest BCUT2D eigenvalue weighted by Crippen LogP contribution is -2.14. The quantitative estimate of drug-likeness (QED) is 0.573. The van der Waals surface area contributed by atoms with Crippen LogP contribution < -0.4 is 5.32 Å². The van der Waals surface area contributed by atoms with Crippen LogP contribution in [0.5, 0.6) is 0 Å². The highest BCUT2D eigenvalue weighted by Crippen LogP contribution is 2.28. The van der Waals surface area contributed by atoms with E-state index in [1.165, 1.54) is 0 Å². The topological polar surface area (TPSA) is 77.6 Å². The number of amides is 1. The van der Waals surface area contributed by atoms with Crippen molar-refractivity contribution < 1.29 is 4.79 Å². The SMILES string of the molecule is CCn1nc(C)c(NC(=O)c2cc(-c3ccccc3)nc3c2c(C)nn3C)c1C. The van der Waals surface area contributed by atoms with Gasteiger partial charge in [-0.2, -0.15) is 10.2 Å². The zero-order valence-electron chi connectivity index (χ0n) is 17.3. The van der Waals surface area contributed by atoms with Crippen molar-refractivity contribution in [3.63, 3.8) is 0 Å². The second kappa shape index (κ2) is 7.16. The second-order valence-corrected chi connectivity index (χ2v) is 7.14. The second-order valence-electron chi connectivity index (χ2n) is 7.14. The average Bonchev–Trinajstić information content (AvgIpc) is 3.17. The molecule has 0 aliphatic carbocycles. The molecule has 1 N–H and O–H groups in total. The first-order valence-electron chi connectivity index (χ1n) is 9.65. The van der Waals surface area contributed by atoms with Gasteiger partial charge in [0.1, 0.15) is 0 Å². The van der Waals surface area contributed by atoms with Gasteiger partial charge in [-0.3, -0.25) is 14.2 Å². The van der Waals surface area contributed by atoms with Crippen molar-refractivity contribution >= 4 is 22.6 Å². The third kappa shape index (κ3) is 3.18. The molecule has 0 saturated heterocycles. The minimum absolute atomic E-state index is 0.187. The summed E-state index contributed by atoms with van der Waals surface area (Å²) in [6.45, 7) is 8.55. The Kier molecular flexibility index (Phi) is 4.66. The minimum atomic E-state index is -0.187. The van der Waals surface area contributed by atoms with Crippen LogP contribution in [0.3, 0.4) is 0 Å². The molecule has 148 valence electrons. The third-order valence-corrected chi connectivity index (χ3v) is 5.20. The van der Waals surface area contributed by atoms with E-state index in [1.54, 1.807) is 4.68 Å². The zero-order valence-corrected chi connectivity index (χ0v) is 17.3. The molecule has 0 atom stereocenters. The van der Waals surface area contributed by atoms with Crippen LogP contribution in [0.25, 0.3) is 22.3 Å². The monoisotopic (exact) mass is 388 g/mol. The van der Waals surface area contributed by atoms with E-state index in [1.807, 2.05) is 75.8 Å². The Morgan fingerprint density at radius 1 is 1.07 bits per heavy atom. The Hall–Kier alpha value is -3.48. The summed E-state index contributed by atoms with van der Waals surface area (Å²) in [5.41, 5.74) is 6.21. The van der Waals surface area contributed by atoms with Crippen LogP contribution in [0.2, 0.25) is 0 Å². The Balaban J connectivity index is 1.86. The molecular formula is C22H24N6O. The molecule has 7 heteroatoms. The lowest BCUT2D eigenvalue weighted by Gasteiger charge is -2.10. The largest absolute Gasteiger partial charge is 0.319 e. The molecule has 0 aliphatic rings. The number of anilines is 1. The van der Waals surface area contributed by atoms with Gasteiger partial charge in [0.25, 0.3) is 5.91 Å². The van der Waals surface area contributed by atoms with Crippen molar-refractivity contribution in [2.24, 2.45) is 7.05 Å². The molecule has 3 heterocycles. The summed E-state index contributed by atoms with van der Waals surface area (Å²) < 4.78 is 3.61. The molecule has 0 radical (unpaired) electrons. The molecule has 1 aromatic carbocycles. The zero-order chi connectivity index (χ0) is 20.7. The number of carbonyl (C=O) groups excluding carboxylic acids is 1. The summed E-state index contributed by atoms with van der Waals surface area (Å²) >= 11 is 0. The number of nitrogens with one attached hydrogen (secondary N) is 1. The Labute approximate surface area is 169 Å². The van der Waals surface area contributed by atoms with Gasteiger partial charge in [-0.25, -0.2) is 4.98 Å². The third-order valence-electron chi connectivity index (χ3n) is 5.20. The summed E-state index contributed by atoms with van der Waals surface area (Å²) in [7, 11) is 1.85. The minimum Gasteiger partial charge on any atom is -0.319 e. The molecule has 1 amide bonds. The van der Waals surface area contributed by atoms with E-state index >= 15 is 0 Å². The van der Waals surface area contributed by atoms with Crippen molar-refractivity contribution in [3.8, 4) is 11.3 Å². The van der Waals surface area contributed by atoms with E-state index in [0.29, 0.717) is 11.2 Å². The first-order chi connectivity index (χ1) is 13.9. The predicted molar refractivity (Wildman–Crippen MR) is 114 cm³/mol. The number of hydrogen-bond acceptors (Lipinski definition) is 4. The standard InChI is InChI=1S/C22H24N6O/c1-6-28-15(4)20(14(3)26-28)24-22(29)17-12-18(16-10-8-7-9-11-16)23-21-19(17)13(2)25-27(21)5/h7-12H,6H2,1-5H3,(H,24,29). The van der Waals surface area contributed by atoms with Crippen LogP contribution in [0.4, 0.5) is 5.69 Å². The molecule has 0 fully saturated rings. The molecule has 4 rings (SSSR count). The Bertz CT molecular complexity index is 1220. The van der Waals surface area contributed by atoms with E-state index in [-0.39, 0.29) is 5.91 Å². The molecule has 7 nitrogen and oxygen atoms in total. The van der Waals surface area contributed by atoms with Gasteiger partial charge in [0.05, 0.1) is 39.4 Å². The fourth-order valence-electron chi connectivity index (χ4n) is 3.75. The number of benzene rings is 1. The molecule has 0 spiro atoms. The number of carbonyl (C=O) groups is 1. The fourth-order valence-corrected chi connectivity index (χ4v) is 3.75. The van der Waals surface area contributed by atoms with Gasteiger partial charge >= 0.3 is 0 Å². The van der Waals surface area contributed by atoms with Gasteiger partial charge in [0, 0.05) is 19.2 Å². The van der Waals surface area contributed by atoms with E-state index in [2.05, 4.69) is 15.5 Å². The van der Waals surface area contributed by atoms with Crippen molar-refractivity contribution in [1.82, 2.24) is 24.5 Å². The molecule has 0 saturated carbocycles. The van der Waals surface area contributed by atoms with Crippen molar-refractivity contribution in [2.45, 2.75) is 34.2 Å². The molecule has 3 aromatic heterocycles. The van der Waals surface area contributed by atoms with Gasteiger partial charge in [0.15, 0.2) is 5.65 Å². The normalized spacial score (nSPS) is 11.2. The van der Waals surface area contributed by atoms with E-state index in [0.717, 1.165) is 46.0 Å². The van der Waals surface area contributed by atoms with Crippen molar-refractivity contribution in [2.75, 3.05) is 5.32 Å². The van der Waals surface area contributed by atoms with E-state index in [9.17, 15) is 4.79 Å². The van der Waals surface area contributed by atoms with Crippen molar-refractivity contribution in [1.29, 1.82) is 0 Å². The fraction of sp³-hybridized carbons (Fsp3) is 0.273. The van der Waals surface area contributed by atoms with Gasteiger partial charge in [-0.1, -0.05) is 30.3 Å². The molecule has 0 unspecified atom stereocenters. The number of fused-ring (bicyclic) bond motifs is 1. The van der Waals surface area contributed by atoms with Gasteiger partial charge < -0.3 is 5.32 Å². The Morgan fingerprint density at radius 2 is 1.79 bits per heavy atom. The lowest BCUT2D eigenvalue weighted by molar-refractivity contribution is 0.102. The number of pyridine rings is 1. The Morgan fingerprint density at radius 3 is 2.45 bits per heavy atom. The average molecular weight is 388 g/mol. The molecule has 0 aliphatic heterocycles. The summed E-state index contributed by atoms with van der Waals surface area (Å²) in [6, 6.07) is 11.7. The number of aryl methyl sites for hydroxylation is 4. The first-order valence-corrected chi connectivity index (χ1v) is 9.65. The number of aromatic nitrogens is 5. The van der Waals surface area contributed by atoms with Crippen molar-refractivity contribution in [3.05, 3.63) is 59.0 Å². The molecule has 29 heavy (non-hydrogen) atoms. The van der Waals surface area contributed by atoms with Gasteiger partial charge in [-0.15, -0.1) is 0 Å². The lowest BCUT2D eigenvalue weighted by atomic mass is 10.0. The highest BCUT2D eigenvalue weighted by atomic mass is 16.1. The van der Waals surface area contributed by atoms with E-state index in [4.69, 9.17) is 4.98 Å². The maximum absolute atomic E-state index is 13.4. The maximum Gasteiger partial charge on any atom is 0.256 e. The molecular weight excluding hydrogens is 364 g/mol. The first kappa shape index (κ1) is 18.9. The maximum atomic E-state index is 13.4. The van der Waals surface area contributed by atoms with Crippen LogP contribution >= 0.6 is 0 Å². The summed E-state index contributed by atoms with van der Waals surface area (Å²) in [5, 5.41) is 12.8. The van der Waals surface area contributed by atoms with Gasteiger partial charge in [-0.05, 0) is 33.8 Å². The number of rotatable bonds is 4. The summed E-state index contributed by atoms with van der Waals surface area (Å²) in [6.07, 6.45) is 0. The van der Waals surface area contributed by atoms with E-state index < -0.39 is 0 Å². The van der Waals surface area contributed by atoms with Gasteiger partial charge in [0.2, 0.25) is 0 Å². The van der Waals surface area contributed by atoms with Crippen LogP contribution in [0.15, 0.2) is 36.4 Å². The summed E-state index contributed by atoms with van der Waals surface area (Å²) in [5.74, 6) is -0.187. The van der Waals surface area contributed by atoms with Crippen LogP contribution in [0, 0.1) is 20.8 Å².